The van der Waals surface area contributed by atoms with Crippen molar-refractivity contribution in [3.63, 3.8) is 0 Å². The first-order valence-electron chi connectivity index (χ1n) is 21.0. The highest BCUT2D eigenvalue weighted by Crippen LogP contribution is 2.39. The van der Waals surface area contributed by atoms with Crippen LogP contribution in [0.5, 0.6) is 0 Å². The van der Waals surface area contributed by atoms with Gasteiger partial charge in [-0.15, -0.1) is 5.10 Å². The van der Waals surface area contributed by atoms with Gasteiger partial charge < -0.3 is 44.9 Å². The van der Waals surface area contributed by atoms with Crippen LogP contribution in [0.2, 0.25) is 0 Å². The van der Waals surface area contributed by atoms with E-state index >= 15 is 0 Å². The normalized spacial score (nSPS) is 34.8. The first-order chi connectivity index (χ1) is 29.1. The maximum Gasteiger partial charge on any atom is 0.317 e. The van der Waals surface area contributed by atoms with E-state index in [4.69, 9.17) is 24.7 Å². The summed E-state index contributed by atoms with van der Waals surface area (Å²) >= 11 is 3.07. The van der Waals surface area contributed by atoms with Crippen molar-refractivity contribution in [2.24, 2.45) is 23.7 Å². The number of rotatable bonds is 12. The van der Waals surface area contributed by atoms with Crippen molar-refractivity contribution in [2.45, 2.75) is 132 Å². The molecule has 2 saturated heterocycles. The lowest BCUT2D eigenvalue weighted by Crippen LogP contribution is -2.60. The molecule has 0 bridgehead atoms. The minimum Gasteiger partial charge on any atom is -0.448 e. The van der Waals surface area contributed by atoms with E-state index < -0.39 is 94.1 Å². The van der Waals surface area contributed by atoms with Crippen molar-refractivity contribution in [1.29, 1.82) is 0 Å². The Balaban J connectivity index is 1.30. The van der Waals surface area contributed by atoms with E-state index in [9.17, 15) is 34.1 Å². The van der Waals surface area contributed by atoms with Gasteiger partial charge in [-0.05, 0) is 87.7 Å². The molecule has 19 heteroatoms. The summed E-state index contributed by atoms with van der Waals surface area (Å²) in [5.74, 6) is -6.02. The van der Waals surface area contributed by atoms with Gasteiger partial charge >= 0.3 is 5.97 Å². The number of likely N-dealkylation sites (N-methyl/N-ethyl adjacent to an activating group) is 1. The number of benzene rings is 1. The number of nitrogen functional groups attached to an aromatic ring is 1. The van der Waals surface area contributed by atoms with Crippen molar-refractivity contribution in [3.8, 4) is 10.4 Å². The second kappa shape index (κ2) is 20.9. The maximum atomic E-state index is 14.4. The van der Waals surface area contributed by atoms with E-state index in [-0.39, 0.29) is 18.3 Å². The molecule has 1 unspecified atom stereocenters. The number of cyclic esters (lactones) is 1. The highest BCUT2D eigenvalue weighted by molar-refractivity contribution is 14.1. The summed E-state index contributed by atoms with van der Waals surface area (Å²) in [6, 6.07) is 6.80. The van der Waals surface area contributed by atoms with Gasteiger partial charge in [-0.25, -0.2) is 14.1 Å². The van der Waals surface area contributed by atoms with Crippen LogP contribution in [0.3, 0.4) is 0 Å². The number of hydrogen-bond donors (Lipinski definition) is 4. The molecule has 344 valence electrons. The Morgan fingerprint density at radius 1 is 1.10 bits per heavy atom. The summed E-state index contributed by atoms with van der Waals surface area (Å²) in [6.45, 7) is 10.8. The molecule has 0 amide bonds. The minimum atomic E-state index is -2.01. The smallest absolute Gasteiger partial charge is 0.317 e. The molecule has 3 aromatic rings. The van der Waals surface area contributed by atoms with Crippen molar-refractivity contribution >= 4 is 56.6 Å². The van der Waals surface area contributed by atoms with Crippen molar-refractivity contribution in [3.05, 3.63) is 47.9 Å². The van der Waals surface area contributed by atoms with Crippen molar-refractivity contribution < 1.29 is 53.0 Å². The summed E-state index contributed by atoms with van der Waals surface area (Å²) < 4.78 is 39.0. The van der Waals surface area contributed by atoms with Gasteiger partial charge in [-0.2, -0.15) is 0 Å². The van der Waals surface area contributed by atoms with Gasteiger partial charge in [0.1, 0.15) is 30.1 Å². The summed E-state index contributed by atoms with van der Waals surface area (Å²) in [6.07, 6.45) is -0.797. The fourth-order valence-corrected chi connectivity index (χ4v) is 9.86. The number of anilines is 1. The number of aliphatic hydroxyl groups is 3. The van der Waals surface area contributed by atoms with Crippen LogP contribution in [-0.2, 0) is 46.2 Å². The molecule has 0 radical (unpaired) electrons. The number of alkyl halides is 2. The van der Waals surface area contributed by atoms with Crippen LogP contribution < -0.4 is 5.73 Å². The Hall–Kier alpha value is -3.02. The van der Waals surface area contributed by atoms with Crippen LogP contribution in [0.25, 0.3) is 10.4 Å². The third-order valence-corrected chi connectivity index (χ3v) is 15.1. The Morgan fingerprint density at radius 2 is 1.77 bits per heavy atom. The predicted molar refractivity (Wildman–Crippen MR) is 238 cm³/mol. The summed E-state index contributed by atoms with van der Waals surface area (Å²) in [5, 5.41) is 43.3. The standard InChI is InChI=1S/C43H62FIN6O10S/c1-22-18-42(6,58-9)37(25(4)34(53)26(5)38(56)61-40(45)43(7,57)36(55)24(3)33(22)52)60-39-35(54)31(16-23(2)59-39)50(8)15-14-29-21-51(49-48-29)30(19-44)17-27-10-12-28(13-11-27)32-20-47-41(46)62-32/h10-13,20-26,30-31,35-37,39-40,54-55,57H,14-19H2,1-9H3,(H2,46,47)/t22-,23-,24+,25+,26-,30+,31+,35?,36-,37-,39+,40+,42-,43+/m1/s1. The highest BCUT2D eigenvalue weighted by atomic mass is 127. The van der Waals surface area contributed by atoms with Gasteiger partial charge in [0, 0.05) is 56.3 Å². The number of esters is 1. The zero-order valence-corrected chi connectivity index (χ0v) is 39.8. The molecule has 0 aliphatic carbocycles. The topological polar surface area (TPSA) is 222 Å². The largest absolute Gasteiger partial charge is 0.448 e. The first-order valence-corrected chi connectivity index (χ1v) is 23.0. The zero-order chi connectivity index (χ0) is 45.8. The van der Waals surface area contributed by atoms with Crippen LogP contribution in [0, 0.1) is 23.7 Å². The van der Waals surface area contributed by atoms with Crippen LogP contribution in [0.4, 0.5) is 9.52 Å². The number of Topliss-reactive ketones (excluding diaryl/α,β-unsaturated/α-hetero) is 2. The van der Waals surface area contributed by atoms with Crippen molar-refractivity contribution in [1.82, 2.24) is 24.9 Å². The van der Waals surface area contributed by atoms with Crippen LogP contribution in [0.1, 0.15) is 78.6 Å². The average Bonchev–Trinajstić information content (AvgIpc) is 3.91. The fourth-order valence-electron chi connectivity index (χ4n) is 8.55. The number of nitrogens with two attached hydrogens (primary N) is 1. The van der Waals surface area contributed by atoms with E-state index in [0.717, 1.165) is 16.0 Å². The lowest BCUT2D eigenvalue weighted by Gasteiger charge is -2.47. The Kier molecular flexibility index (Phi) is 16.8. The third-order valence-electron chi connectivity index (χ3n) is 12.7. The number of nitrogens with zero attached hydrogens (tertiary/aromatic N) is 5. The second-order valence-electron chi connectivity index (χ2n) is 17.5. The quantitative estimate of drug-likeness (QED) is 0.0857. The summed E-state index contributed by atoms with van der Waals surface area (Å²) in [7, 11) is 3.29. The van der Waals surface area contributed by atoms with Crippen molar-refractivity contribution in [2.75, 3.05) is 33.1 Å². The minimum absolute atomic E-state index is 0.0255. The van der Waals surface area contributed by atoms with Crippen LogP contribution in [0.15, 0.2) is 36.7 Å². The van der Waals surface area contributed by atoms with E-state index in [1.54, 1.807) is 60.4 Å². The second-order valence-corrected chi connectivity index (χ2v) is 19.7. The number of halogens is 2. The zero-order valence-electron chi connectivity index (χ0n) is 36.8. The SMILES string of the molecule is CO[C@]1(C)C[C@@H](C)C(=O)[C@H](C)[C@@H](O)[C@](C)(O)[C@@H](I)OC(=O)[C@H](C)C(=O)[C@H](C)[C@H]1O[C@@H]1O[C@H](C)C[C@H](N(C)CCc2cn([C@H](CF)Cc3ccc(-c4cnc(N)s4)cc3)nn2)C1O. The molecule has 16 nitrogen and oxygen atoms in total. The molecule has 62 heavy (non-hydrogen) atoms. The monoisotopic (exact) mass is 1000 g/mol. The molecule has 14 atom stereocenters. The van der Waals surface area contributed by atoms with Gasteiger partial charge in [0.15, 0.2) is 21.3 Å². The number of carbonyl (C=O) groups excluding carboxylic acids is 3. The van der Waals surface area contributed by atoms with Gasteiger partial charge in [0.2, 0.25) is 0 Å². The maximum absolute atomic E-state index is 14.4. The van der Waals surface area contributed by atoms with Gasteiger partial charge in [0.25, 0.3) is 0 Å². The lowest BCUT2D eigenvalue weighted by atomic mass is 9.75. The Labute approximate surface area is 380 Å². The van der Waals surface area contributed by atoms with E-state index in [1.807, 2.05) is 43.1 Å². The fraction of sp³-hybridized carbons (Fsp3) is 0.674. The van der Waals surface area contributed by atoms with Gasteiger partial charge in [-0.1, -0.05) is 61.6 Å². The molecule has 2 fully saturated rings. The molecule has 4 heterocycles. The molecular weight excluding hydrogens is 938 g/mol. The third kappa shape index (κ3) is 11.3. The first kappa shape index (κ1) is 50.0. The number of hydrogen-bond acceptors (Lipinski definition) is 16. The molecule has 1 aromatic carbocycles. The van der Waals surface area contributed by atoms with Crippen LogP contribution in [-0.4, -0.2) is 137 Å². The molecule has 0 saturated carbocycles. The number of thiazole rings is 1. The van der Waals surface area contributed by atoms with Crippen LogP contribution >= 0.6 is 33.9 Å². The van der Waals surface area contributed by atoms with E-state index in [0.29, 0.717) is 36.6 Å². The number of carbonyl (C=O) groups is 3. The number of ether oxygens (including phenoxy) is 4. The molecule has 5 N–H and O–H groups in total. The van der Waals surface area contributed by atoms with Gasteiger partial charge in [-0.3, -0.25) is 14.4 Å². The Bertz CT molecular complexity index is 1990. The highest BCUT2D eigenvalue weighted by Gasteiger charge is 2.52. The average molecular weight is 1000 g/mol. The Morgan fingerprint density at radius 3 is 2.39 bits per heavy atom. The molecule has 2 aliphatic rings. The molecular formula is C43H62FIN6O10S. The molecule has 5 rings (SSSR count). The van der Waals surface area contributed by atoms with E-state index in [1.165, 1.54) is 39.2 Å². The van der Waals surface area contributed by atoms with Gasteiger partial charge in [0.05, 0.1) is 40.5 Å². The predicted octanol–water partition coefficient (Wildman–Crippen LogP) is 4.37. The summed E-state index contributed by atoms with van der Waals surface area (Å²) in [5.41, 5.74) is 4.98. The number of ketones is 2. The molecule has 2 aliphatic heterocycles. The van der Waals surface area contributed by atoms with E-state index in [2.05, 4.69) is 15.3 Å². The number of aromatic nitrogens is 4. The molecule has 0 spiro atoms. The number of methoxy groups -OCH3 is 1. The lowest BCUT2D eigenvalue weighted by molar-refractivity contribution is -0.296. The molecule has 2 aromatic heterocycles. The summed E-state index contributed by atoms with van der Waals surface area (Å²) in [4.78, 5) is 48.3. The number of aliphatic hydroxyl groups excluding tert-OH is 2.